The fraction of sp³-hybridized carbons (Fsp3) is 0.917. The molecule has 0 aliphatic carbocycles. The Balaban J connectivity index is 2.48. The maximum atomic E-state index is 11.7. The van der Waals surface area contributed by atoms with E-state index < -0.39 is 0 Å². The van der Waals surface area contributed by atoms with Gasteiger partial charge in [-0.05, 0) is 26.3 Å². The lowest BCUT2D eigenvalue weighted by atomic mass is 10.1. The van der Waals surface area contributed by atoms with Gasteiger partial charge in [-0.25, -0.2) is 0 Å². The first-order valence-corrected chi connectivity index (χ1v) is 6.37. The summed E-state index contributed by atoms with van der Waals surface area (Å²) < 4.78 is 5.11. The number of methoxy groups -OCH3 is 1. The minimum absolute atomic E-state index is 0.0686. The highest BCUT2D eigenvalue weighted by molar-refractivity contribution is 5.80. The van der Waals surface area contributed by atoms with E-state index in [9.17, 15) is 4.79 Å². The van der Waals surface area contributed by atoms with Gasteiger partial charge in [-0.15, -0.1) is 0 Å². The largest absolute Gasteiger partial charge is 0.383 e. The van der Waals surface area contributed by atoms with E-state index in [1.165, 1.54) is 12.8 Å². The summed E-state index contributed by atoms with van der Waals surface area (Å²) in [6, 6.07) is 0.413. The molecule has 0 saturated carbocycles. The van der Waals surface area contributed by atoms with Gasteiger partial charge in [0.1, 0.15) is 0 Å². The Hall–Kier alpha value is -0.650. The Morgan fingerprint density at radius 3 is 2.94 bits per heavy atom. The molecule has 0 bridgehead atoms. The molecular formula is C12H25N3O2. The number of hydrogen-bond donors (Lipinski definition) is 2. The zero-order valence-corrected chi connectivity index (χ0v) is 11.2. The predicted molar refractivity (Wildman–Crippen MR) is 68.0 cm³/mol. The van der Waals surface area contributed by atoms with Crippen molar-refractivity contribution in [2.24, 2.45) is 0 Å². The Bertz CT molecular complexity index is 230. The summed E-state index contributed by atoms with van der Waals surface area (Å²) in [5, 5.41) is 6.17. The standard InChI is InChI=1S/C12H25N3O2/c1-10(12(16)13-2)15(7-8-17-3)9-11-5-4-6-14-11/h10-11,14H,4-9H2,1-3H3,(H,13,16). The molecule has 0 aromatic heterocycles. The molecule has 5 nitrogen and oxygen atoms in total. The molecule has 1 fully saturated rings. The zero-order chi connectivity index (χ0) is 12.7. The lowest BCUT2D eigenvalue weighted by Gasteiger charge is -2.30. The van der Waals surface area contributed by atoms with Gasteiger partial charge < -0.3 is 15.4 Å². The summed E-state index contributed by atoms with van der Waals surface area (Å²) >= 11 is 0. The third kappa shape index (κ3) is 4.61. The number of carbonyl (C=O) groups excluding carboxylic acids is 1. The molecule has 17 heavy (non-hydrogen) atoms. The van der Waals surface area contributed by atoms with Crippen LogP contribution in [0.2, 0.25) is 0 Å². The van der Waals surface area contributed by atoms with Gasteiger partial charge in [0, 0.05) is 33.3 Å². The monoisotopic (exact) mass is 243 g/mol. The van der Waals surface area contributed by atoms with Gasteiger partial charge in [-0.2, -0.15) is 0 Å². The van der Waals surface area contributed by atoms with Crippen LogP contribution in [-0.4, -0.2) is 63.3 Å². The van der Waals surface area contributed by atoms with E-state index in [0.717, 1.165) is 19.6 Å². The number of ether oxygens (including phenoxy) is 1. The molecule has 2 N–H and O–H groups in total. The van der Waals surface area contributed by atoms with E-state index in [4.69, 9.17) is 4.74 Å². The third-order valence-corrected chi connectivity index (χ3v) is 3.37. The summed E-state index contributed by atoms with van der Waals surface area (Å²) in [4.78, 5) is 13.9. The van der Waals surface area contributed by atoms with Crippen LogP contribution in [0.15, 0.2) is 0 Å². The summed E-state index contributed by atoms with van der Waals surface area (Å²) in [5.41, 5.74) is 0. The lowest BCUT2D eigenvalue weighted by molar-refractivity contribution is -0.125. The molecule has 1 heterocycles. The van der Waals surface area contributed by atoms with E-state index in [1.807, 2.05) is 6.92 Å². The molecular weight excluding hydrogens is 218 g/mol. The summed E-state index contributed by atoms with van der Waals surface area (Å²) in [5.74, 6) is 0.0686. The van der Waals surface area contributed by atoms with Gasteiger partial charge in [-0.3, -0.25) is 9.69 Å². The second-order valence-electron chi connectivity index (χ2n) is 4.57. The quantitative estimate of drug-likeness (QED) is 0.651. The molecule has 1 rings (SSSR count). The van der Waals surface area contributed by atoms with Crippen LogP contribution in [0.25, 0.3) is 0 Å². The van der Waals surface area contributed by atoms with Crippen LogP contribution in [0.5, 0.6) is 0 Å². The van der Waals surface area contributed by atoms with Crippen molar-refractivity contribution >= 4 is 5.91 Å². The number of amides is 1. The Morgan fingerprint density at radius 2 is 2.41 bits per heavy atom. The van der Waals surface area contributed by atoms with Crippen LogP contribution in [0, 0.1) is 0 Å². The van der Waals surface area contributed by atoms with Crippen molar-refractivity contribution in [2.45, 2.75) is 31.8 Å². The van der Waals surface area contributed by atoms with Crippen molar-refractivity contribution in [2.75, 3.05) is 40.4 Å². The highest BCUT2D eigenvalue weighted by Crippen LogP contribution is 2.09. The molecule has 1 saturated heterocycles. The first-order chi connectivity index (χ1) is 8.19. The molecule has 0 aromatic carbocycles. The summed E-state index contributed by atoms with van der Waals surface area (Å²) in [6.07, 6.45) is 2.43. The van der Waals surface area contributed by atoms with Crippen LogP contribution in [-0.2, 0) is 9.53 Å². The molecule has 2 atom stereocenters. The van der Waals surface area contributed by atoms with Crippen molar-refractivity contribution in [3.05, 3.63) is 0 Å². The Kier molecular flexibility index (Phi) is 6.47. The maximum Gasteiger partial charge on any atom is 0.236 e. The van der Waals surface area contributed by atoms with Crippen LogP contribution >= 0.6 is 0 Å². The topological polar surface area (TPSA) is 53.6 Å². The number of nitrogens with one attached hydrogen (secondary N) is 2. The van der Waals surface area contributed by atoms with Gasteiger partial charge in [0.25, 0.3) is 0 Å². The van der Waals surface area contributed by atoms with Gasteiger partial charge in [0.2, 0.25) is 5.91 Å². The number of likely N-dealkylation sites (N-methyl/N-ethyl adjacent to an activating group) is 1. The van der Waals surface area contributed by atoms with Crippen molar-refractivity contribution in [3.8, 4) is 0 Å². The molecule has 1 amide bonds. The van der Waals surface area contributed by atoms with Gasteiger partial charge in [0.05, 0.1) is 12.6 Å². The van der Waals surface area contributed by atoms with E-state index >= 15 is 0 Å². The first-order valence-electron chi connectivity index (χ1n) is 6.37. The zero-order valence-electron chi connectivity index (χ0n) is 11.2. The van der Waals surface area contributed by atoms with Crippen molar-refractivity contribution in [3.63, 3.8) is 0 Å². The Labute approximate surface area is 104 Å². The molecule has 0 aromatic rings. The van der Waals surface area contributed by atoms with Gasteiger partial charge in [-0.1, -0.05) is 0 Å². The van der Waals surface area contributed by atoms with Crippen LogP contribution in [0.1, 0.15) is 19.8 Å². The minimum Gasteiger partial charge on any atom is -0.383 e. The molecule has 0 spiro atoms. The molecule has 2 unspecified atom stereocenters. The first kappa shape index (κ1) is 14.4. The Morgan fingerprint density at radius 1 is 1.65 bits per heavy atom. The fourth-order valence-electron chi connectivity index (χ4n) is 2.22. The highest BCUT2D eigenvalue weighted by Gasteiger charge is 2.24. The lowest BCUT2D eigenvalue weighted by Crippen LogP contribution is -2.49. The number of carbonyl (C=O) groups is 1. The fourth-order valence-corrected chi connectivity index (χ4v) is 2.22. The van der Waals surface area contributed by atoms with E-state index in [2.05, 4.69) is 15.5 Å². The van der Waals surface area contributed by atoms with Crippen LogP contribution in [0.3, 0.4) is 0 Å². The van der Waals surface area contributed by atoms with Crippen molar-refractivity contribution in [1.29, 1.82) is 0 Å². The van der Waals surface area contributed by atoms with E-state index in [0.29, 0.717) is 12.6 Å². The average Bonchev–Trinajstić information content (AvgIpc) is 2.85. The molecule has 1 aliphatic rings. The second kappa shape index (κ2) is 7.63. The molecule has 0 radical (unpaired) electrons. The average molecular weight is 243 g/mol. The van der Waals surface area contributed by atoms with Crippen LogP contribution < -0.4 is 10.6 Å². The number of hydrogen-bond acceptors (Lipinski definition) is 4. The van der Waals surface area contributed by atoms with Crippen molar-refractivity contribution in [1.82, 2.24) is 15.5 Å². The molecule has 100 valence electrons. The smallest absolute Gasteiger partial charge is 0.236 e. The van der Waals surface area contributed by atoms with E-state index in [1.54, 1.807) is 14.2 Å². The number of nitrogens with zero attached hydrogens (tertiary/aromatic N) is 1. The molecule has 5 heteroatoms. The summed E-state index contributed by atoms with van der Waals surface area (Å²) in [7, 11) is 3.37. The molecule has 1 aliphatic heterocycles. The SMILES string of the molecule is CNC(=O)C(C)N(CCOC)CC1CCCN1. The second-order valence-corrected chi connectivity index (χ2v) is 4.57. The summed E-state index contributed by atoms with van der Waals surface area (Å²) in [6.45, 7) is 5.41. The van der Waals surface area contributed by atoms with Gasteiger partial charge in [0.15, 0.2) is 0 Å². The maximum absolute atomic E-state index is 11.7. The predicted octanol–water partition coefficient (Wildman–Crippen LogP) is -0.179. The van der Waals surface area contributed by atoms with E-state index in [-0.39, 0.29) is 11.9 Å². The van der Waals surface area contributed by atoms with Crippen molar-refractivity contribution < 1.29 is 9.53 Å². The highest BCUT2D eigenvalue weighted by atomic mass is 16.5. The third-order valence-electron chi connectivity index (χ3n) is 3.37. The van der Waals surface area contributed by atoms with Gasteiger partial charge >= 0.3 is 0 Å². The normalized spacial score (nSPS) is 21.8. The van der Waals surface area contributed by atoms with Crippen LogP contribution in [0.4, 0.5) is 0 Å². The minimum atomic E-state index is -0.0995. The number of rotatable bonds is 7.